The Labute approximate surface area is 123 Å². The largest absolute Gasteiger partial charge is 0.271 e. The highest BCUT2D eigenvalue weighted by Gasteiger charge is 2.09. The van der Waals surface area contributed by atoms with Crippen molar-refractivity contribution >= 4 is 11.8 Å². The monoisotopic (exact) mass is 290 g/mol. The van der Waals surface area contributed by atoms with Gasteiger partial charge in [0, 0.05) is 16.7 Å². The second kappa shape index (κ2) is 7.43. The van der Waals surface area contributed by atoms with Crippen molar-refractivity contribution < 1.29 is 4.39 Å². The van der Waals surface area contributed by atoms with Gasteiger partial charge in [-0.15, -0.1) is 11.8 Å². The van der Waals surface area contributed by atoms with Crippen molar-refractivity contribution in [3.63, 3.8) is 0 Å². The summed E-state index contributed by atoms with van der Waals surface area (Å²) >= 11 is 1.75. The highest BCUT2D eigenvalue weighted by molar-refractivity contribution is 7.99. The maximum atomic E-state index is 13.2. The molecule has 2 nitrogen and oxygen atoms in total. The predicted molar refractivity (Wildman–Crippen MR) is 83.1 cm³/mol. The van der Waals surface area contributed by atoms with E-state index in [2.05, 4.69) is 36.6 Å². The molecule has 0 aromatic heterocycles. The summed E-state index contributed by atoms with van der Waals surface area (Å²) in [5.41, 5.74) is 5.02. The molecule has 2 aromatic rings. The van der Waals surface area contributed by atoms with Crippen LogP contribution in [0.4, 0.5) is 4.39 Å². The van der Waals surface area contributed by atoms with Crippen LogP contribution >= 0.6 is 11.8 Å². The van der Waals surface area contributed by atoms with Crippen molar-refractivity contribution in [2.45, 2.75) is 24.3 Å². The molecule has 4 heteroatoms. The average Bonchev–Trinajstić information content (AvgIpc) is 2.43. The summed E-state index contributed by atoms with van der Waals surface area (Å²) in [6.07, 6.45) is 0.715. The summed E-state index contributed by atoms with van der Waals surface area (Å²) in [5, 5.41) is 0. The van der Waals surface area contributed by atoms with Crippen LogP contribution in [0.5, 0.6) is 0 Å². The molecule has 1 unspecified atom stereocenters. The third kappa shape index (κ3) is 4.63. The molecule has 0 radical (unpaired) electrons. The van der Waals surface area contributed by atoms with Gasteiger partial charge >= 0.3 is 0 Å². The van der Waals surface area contributed by atoms with Gasteiger partial charge < -0.3 is 0 Å². The first-order chi connectivity index (χ1) is 9.67. The van der Waals surface area contributed by atoms with Gasteiger partial charge in [-0.2, -0.15) is 0 Å². The average molecular weight is 290 g/mol. The molecular formula is C16H19FN2S. The number of thioether (sulfide) groups is 1. The molecule has 106 valence electrons. The highest BCUT2D eigenvalue weighted by Crippen LogP contribution is 2.20. The van der Waals surface area contributed by atoms with Crippen LogP contribution in [0.3, 0.4) is 0 Å². The molecule has 2 aromatic carbocycles. The summed E-state index contributed by atoms with van der Waals surface area (Å²) in [4.78, 5) is 1.23. The van der Waals surface area contributed by atoms with E-state index in [0.29, 0.717) is 6.42 Å². The second-order valence-electron chi connectivity index (χ2n) is 4.83. The minimum atomic E-state index is -0.204. The third-order valence-corrected chi connectivity index (χ3v) is 4.20. The van der Waals surface area contributed by atoms with Crippen LogP contribution in [-0.4, -0.2) is 11.8 Å². The van der Waals surface area contributed by atoms with E-state index in [4.69, 9.17) is 5.84 Å². The number of hydrazine groups is 1. The fraction of sp³-hybridized carbons (Fsp3) is 0.250. The van der Waals surface area contributed by atoms with E-state index in [-0.39, 0.29) is 11.9 Å². The smallest absolute Gasteiger partial charge is 0.123 e. The van der Waals surface area contributed by atoms with Crippen LogP contribution < -0.4 is 11.3 Å². The van der Waals surface area contributed by atoms with Crippen molar-refractivity contribution in [1.29, 1.82) is 0 Å². The van der Waals surface area contributed by atoms with E-state index in [1.54, 1.807) is 23.9 Å². The molecule has 0 aliphatic rings. The zero-order chi connectivity index (χ0) is 14.4. The van der Waals surface area contributed by atoms with E-state index in [1.807, 2.05) is 6.07 Å². The van der Waals surface area contributed by atoms with E-state index < -0.39 is 0 Å². The Kier molecular flexibility index (Phi) is 5.59. The first-order valence-electron chi connectivity index (χ1n) is 6.57. The summed E-state index contributed by atoms with van der Waals surface area (Å²) in [5.74, 6) is 6.24. The molecule has 0 aliphatic carbocycles. The van der Waals surface area contributed by atoms with Gasteiger partial charge in [-0.3, -0.25) is 11.3 Å². The maximum absolute atomic E-state index is 13.2. The summed E-state index contributed by atoms with van der Waals surface area (Å²) < 4.78 is 13.2. The fourth-order valence-electron chi connectivity index (χ4n) is 2.02. The lowest BCUT2D eigenvalue weighted by Gasteiger charge is -2.15. The quantitative estimate of drug-likeness (QED) is 0.487. The number of nitrogens with two attached hydrogens (primary N) is 1. The Hall–Kier alpha value is -1.36. The van der Waals surface area contributed by atoms with E-state index in [9.17, 15) is 4.39 Å². The minimum absolute atomic E-state index is 0.113. The van der Waals surface area contributed by atoms with Gasteiger partial charge in [0.2, 0.25) is 0 Å². The molecule has 20 heavy (non-hydrogen) atoms. The van der Waals surface area contributed by atoms with Gasteiger partial charge in [-0.25, -0.2) is 4.39 Å². The van der Waals surface area contributed by atoms with Crippen molar-refractivity contribution in [2.24, 2.45) is 5.84 Å². The van der Waals surface area contributed by atoms with Crippen LogP contribution in [0, 0.1) is 12.7 Å². The summed E-state index contributed by atoms with van der Waals surface area (Å²) in [6.45, 7) is 2.08. The number of hydrogen-bond acceptors (Lipinski definition) is 3. The van der Waals surface area contributed by atoms with Gasteiger partial charge in [0.15, 0.2) is 0 Å². The van der Waals surface area contributed by atoms with Crippen LogP contribution in [-0.2, 0) is 6.42 Å². The molecular weight excluding hydrogens is 271 g/mol. The third-order valence-electron chi connectivity index (χ3n) is 3.05. The van der Waals surface area contributed by atoms with Crippen molar-refractivity contribution in [1.82, 2.24) is 5.43 Å². The molecule has 1 atom stereocenters. The first kappa shape index (κ1) is 15.0. The second-order valence-corrected chi connectivity index (χ2v) is 5.92. The first-order valence-corrected chi connectivity index (χ1v) is 7.56. The Morgan fingerprint density at radius 2 is 2.00 bits per heavy atom. The van der Waals surface area contributed by atoms with E-state index in [1.165, 1.54) is 16.5 Å². The molecule has 0 bridgehead atoms. The minimum Gasteiger partial charge on any atom is -0.271 e. The number of nitrogens with one attached hydrogen (secondary N) is 1. The maximum Gasteiger partial charge on any atom is 0.123 e. The molecule has 0 spiro atoms. The summed E-state index contributed by atoms with van der Waals surface area (Å²) in [7, 11) is 0. The Morgan fingerprint density at radius 3 is 2.70 bits per heavy atom. The standard InChI is InChI=1S/C16H19FN2S/c1-12-4-2-7-16(8-12)20-11-15(19-18)10-13-5-3-6-14(17)9-13/h2-9,15,19H,10-11,18H2,1H3. The topological polar surface area (TPSA) is 38.0 Å². The van der Waals surface area contributed by atoms with Gasteiger partial charge in [0.05, 0.1) is 0 Å². The van der Waals surface area contributed by atoms with Crippen molar-refractivity contribution in [3.05, 3.63) is 65.5 Å². The number of aryl methyl sites for hydroxylation is 1. The van der Waals surface area contributed by atoms with Crippen LogP contribution in [0.25, 0.3) is 0 Å². The van der Waals surface area contributed by atoms with Crippen LogP contribution in [0.2, 0.25) is 0 Å². The SMILES string of the molecule is Cc1cccc(SCC(Cc2cccc(F)c2)NN)c1. The predicted octanol–water partition coefficient (Wildman–Crippen LogP) is 3.30. The van der Waals surface area contributed by atoms with E-state index in [0.717, 1.165) is 11.3 Å². The lowest BCUT2D eigenvalue weighted by Crippen LogP contribution is -2.38. The number of benzene rings is 2. The molecule has 3 N–H and O–H groups in total. The molecule has 0 saturated heterocycles. The molecule has 0 saturated carbocycles. The van der Waals surface area contributed by atoms with Crippen LogP contribution in [0.15, 0.2) is 53.4 Å². The van der Waals surface area contributed by atoms with Crippen LogP contribution in [0.1, 0.15) is 11.1 Å². The zero-order valence-corrected chi connectivity index (χ0v) is 12.3. The zero-order valence-electron chi connectivity index (χ0n) is 11.5. The Balaban J connectivity index is 1.92. The molecule has 0 heterocycles. The van der Waals surface area contributed by atoms with E-state index >= 15 is 0 Å². The lowest BCUT2D eigenvalue weighted by atomic mass is 10.1. The Morgan fingerprint density at radius 1 is 1.20 bits per heavy atom. The highest BCUT2D eigenvalue weighted by atomic mass is 32.2. The normalized spacial score (nSPS) is 12.3. The van der Waals surface area contributed by atoms with Crippen molar-refractivity contribution in [3.8, 4) is 0 Å². The molecule has 2 rings (SSSR count). The molecule has 0 fully saturated rings. The molecule has 0 amide bonds. The summed E-state index contributed by atoms with van der Waals surface area (Å²) in [6, 6.07) is 15.1. The van der Waals surface area contributed by atoms with Gasteiger partial charge in [-0.05, 0) is 43.2 Å². The van der Waals surface area contributed by atoms with Gasteiger partial charge in [-0.1, -0.05) is 29.8 Å². The van der Waals surface area contributed by atoms with Gasteiger partial charge in [0.25, 0.3) is 0 Å². The van der Waals surface area contributed by atoms with Crippen molar-refractivity contribution in [2.75, 3.05) is 5.75 Å². The number of hydrogen-bond donors (Lipinski definition) is 2. The van der Waals surface area contributed by atoms with Gasteiger partial charge in [0.1, 0.15) is 5.82 Å². The number of rotatable bonds is 6. The fourth-order valence-corrected chi connectivity index (χ4v) is 3.07. The number of halogens is 1. The Bertz CT molecular complexity index is 560. The lowest BCUT2D eigenvalue weighted by molar-refractivity contribution is 0.570. The molecule has 0 aliphatic heterocycles.